The zero-order valence-corrected chi connectivity index (χ0v) is 21.1. The number of hydrogen-bond donors (Lipinski definition) is 3. The van der Waals surface area contributed by atoms with Crippen LogP contribution in [0.5, 0.6) is 0 Å². The molecule has 36 heavy (non-hydrogen) atoms. The molecule has 0 aliphatic carbocycles. The average molecular weight is 528 g/mol. The minimum Gasteiger partial charge on any atom is -0.368 e. The molecule has 11 nitrogen and oxygen atoms in total. The Bertz CT molecular complexity index is 1230. The van der Waals surface area contributed by atoms with Crippen LogP contribution in [-0.2, 0) is 16.0 Å². The number of primary amides is 1. The molecule has 0 unspecified atom stereocenters. The number of carbonyl (C=O) groups is 4. The Morgan fingerprint density at radius 3 is 2.69 bits per heavy atom. The highest BCUT2D eigenvalue weighted by molar-refractivity contribution is 7.10. The molecule has 3 aromatic rings. The number of nitrogens with one attached hydrogen (secondary N) is 2. The Morgan fingerprint density at radius 2 is 2.06 bits per heavy atom. The summed E-state index contributed by atoms with van der Waals surface area (Å²) in [6.45, 7) is 2.01. The standard InChI is InChI=1S/C23H25N7O4S2/c1-13-27-18(12-36-13)23(34)30-7-4-14(28-21(32)17-11-25-5-6-26-17)9-19(30)22(33)29-16(20(24)31)10-15-3-2-8-35-15/h2-3,5-6,8,11-12,14,16,19H,4,7,9-10H2,1H3,(H2,24,31)(H,28,32)(H,29,33)/t14-,16-,19-/m0/s1. The van der Waals surface area contributed by atoms with Crippen molar-refractivity contribution >= 4 is 46.3 Å². The minimum atomic E-state index is -0.941. The second kappa shape index (κ2) is 11.4. The normalized spacial score (nSPS) is 18.3. The molecule has 4 amide bonds. The van der Waals surface area contributed by atoms with Crippen LogP contribution in [0.4, 0.5) is 0 Å². The molecule has 188 valence electrons. The van der Waals surface area contributed by atoms with Gasteiger partial charge in [-0.1, -0.05) is 6.07 Å². The number of piperidine rings is 1. The molecule has 1 saturated heterocycles. The van der Waals surface area contributed by atoms with Gasteiger partial charge in [0.05, 0.1) is 11.2 Å². The van der Waals surface area contributed by atoms with Crippen LogP contribution in [0.15, 0.2) is 41.5 Å². The first kappa shape index (κ1) is 25.4. The van der Waals surface area contributed by atoms with E-state index in [0.29, 0.717) is 6.42 Å². The summed E-state index contributed by atoms with van der Waals surface area (Å²) in [6, 6.07) is 1.42. The molecule has 0 radical (unpaired) electrons. The summed E-state index contributed by atoms with van der Waals surface area (Å²) in [5.74, 6) is -2.00. The zero-order valence-electron chi connectivity index (χ0n) is 19.4. The first-order chi connectivity index (χ1) is 17.3. The van der Waals surface area contributed by atoms with Gasteiger partial charge in [0.15, 0.2) is 0 Å². The maximum atomic E-state index is 13.4. The Morgan fingerprint density at radius 1 is 1.22 bits per heavy atom. The lowest BCUT2D eigenvalue weighted by atomic mass is 9.95. The van der Waals surface area contributed by atoms with Crippen LogP contribution in [0.25, 0.3) is 0 Å². The number of aryl methyl sites for hydroxylation is 1. The maximum Gasteiger partial charge on any atom is 0.274 e. The second-order valence-electron chi connectivity index (χ2n) is 8.30. The largest absolute Gasteiger partial charge is 0.368 e. The predicted octanol–water partition coefficient (Wildman–Crippen LogP) is 0.919. The van der Waals surface area contributed by atoms with Gasteiger partial charge in [0.1, 0.15) is 23.5 Å². The Kier molecular flexibility index (Phi) is 8.00. The third-order valence-electron chi connectivity index (χ3n) is 5.78. The predicted molar refractivity (Wildman–Crippen MR) is 133 cm³/mol. The molecule has 0 spiro atoms. The van der Waals surface area contributed by atoms with Crippen LogP contribution >= 0.6 is 22.7 Å². The third kappa shape index (κ3) is 6.10. The number of nitrogens with two attached hydrogens (primary N) is 1. The van der Waals surface area contributed by atoms with Gasteiger partial charge in [0, 0.05) is 41.7 Å². The highest BCUT2D eigenvalue weighted by Gasteiger charge is 2.39. The molecule has 4 N–H and O–H groups in total. The molecule has 13 heteroatoms. The summed E-state index contributed by atoms with van der Waals surface area (Å²) in [4.78, 5) is 65.9. The number of thiophene rings is 1. The molecule has 3 atom stereocenters. The van der Waals surface area contributed by atoms with Crippen molar-refractivity contribution in [2.24, 2.45) is 5.73 Å². The highest BCUT2D eigenvalue weighted by Crippen LogP contribution is 2.22. The first-order valence-corrected chi connectivity index (χ1v) is 13.0. The van der Waals surface area contributed by atoms with E-state index in [0.717, 1.165) is 9.88 Å². The van der Waals surface area contributed by atoms with E-state index in [4.69, 9.17) is 5.73 Å². The molecule has 0 aromatic carbocycles. The Balaban J connectivity index is 1.52. The number of carbonyl (C=O) groups excluding carboxylic acids is 4. The van der Waals surface area contributed by atoms with E-state index in [9.17, 15) is 19.2 Å². The lowest BCUT2D eigenvalue weighted by molar-refractivity contribution is -0.131. The minimum absolute atomic E-state index is 0.150. The molecule has 3 aromatic heterocycles. The molecule has 1 aliphatic heterocycles. The first-order valence-electron chi connectivity index (χ1n) is 11.2. The van der Waals surface area contributed by atoms with Crippen LogP contribution < -0.4 is 16.4 Å². The fourth-order valence-electron chi connectivity index (χ4n) is 3.99. The van der Waals surface area contributed by atoms with Crippen molar-refractivity contribution in [2.75, 3.05) is 6.54 Å². The molecular formula is C23H25N7O4S2. The topological polar surface area (TPSA) is 160 Å². The number of likely N-dealkylation sites (tertiary alicyclic amines) is 1. The van der Waals surface area contributed by atoms with Crippen molar-refractivity contribution in [3.63, 3.8) is 0 Å². The quantitative estimate of drug-likeness (QED) is 0.393. The highest BCUT2D eigenvalue weighted by atomic mass is 32.1. The van der Waals surface area contributed by atoms with E-state index in [1.165, 1.54) is 46.2 Å². The summed E-state index contributed by atoms with van der Waals surface area (Å²) in [5.41, 5.74) is 5.97. The molecule has 1 fully saturated rings. The molecule has 4 heterocycles. The number of nitrogens with zero attached hydrogens (tertiary/aromatic N) is 4. The SMILES string of the molecule is Cc1nc(C(=O)N2CC[C@H](NC(=O)c3cnccn3)C[C@H]2C(=O)N[C@@H](Cc2cccs2)C(N)=O)cs1. The smallest absolute Gasteiger partial charge is 0.274 e. The van der Waals surface area contributed by atoms with E-state index >= 15 is 0 Å². The van der Waals surface area contributed by atoms with Crippen LogP contribution in [0.2, 0.25) is 0 Å². The van der Waals surface area contributed by atoms with Gasteiger partial charge >= 0.3 is 0 Å². The van der Waals surface area contributed by atoms with Gasteiger partial charge in [-0.25, -0.2) is 9.97 Å². The summed E-state index contributed by atoms with van der Waals surface area (Å²) in [6.07, 6.45) is 5.06. The molecule has 1 aliphatic rings. The number of aromatic nitrogens is 3. The van der Waals surface area contributed by atoms with Crippen molar-refractivity contribution in [3.05, 3.63) is 62.8 Å². The van der Waals surface area contributed by atoms with Gasteiger partial charge in [0.25, 0.3) is 11.8 Å². The molecule has 0 saturated carbocycles. The number of rotatable bonds is 8. The molecular weight excluding hydrogens is 502 g/mol. The summed E-state index contributed by atoms with van der Waals surface area (Å²) in [7, 11) is 0. The van der Waals surface area contributed by atoms with Gasteiger partial charge < -0.3 is 21.3 Å². The van der Waals surface area contributed by atoms with Crippen molar-refractivity contribution in [1.29, 1.82) is 0 Å². The Labute approximate surface area is 215 Å². The Hall–Kier alpha value is -3.71. The number of hydrogen-bond acceptors (Lipinski definition) is 9. The van der Waals surface area contributed by atoms with Crippen LogP contribution in [0, 0.1) is 6.92 Å². The van der Waals surface area contributed by atoms with Gasteiger partial charge in [-0.15, -0.1) is 22.7 Å². The van der Waals surface area contributed by atoms with Crippen molar-refractivity contribution < 1.29 is 19.2 Å². The van der Waals surface area contributed by atoms with E-state index < -0.39 is 35.8 Å². The van der Waals surface area contributed by atoms with E-state index in [1.807, 2.05) is 17.5 Å². The fourth-order valence-corrected chi connectivity index (χ4v) is 5.33. The maximum absolute atomic E-state index is 13.4. The lowest BCUT2D eigenvalue weighted by Crippen LogP contribution is -2.59. The third-order valence-corrected chi connectivity index (χ3v) is 7.45. The second-order valence-corrected chi connectivity index (χ2v) is 10.4. The van der Waals surface area contributed by atoms with Crippen molar-refractivity contribution in [2.45, 2.75) is 44.3 Å². The number of amides is 4. The van der Waals surface area contributed by atoms with E-state index in [2.05, 4.69) is 25.6 Å². The van der Waals surface area contributed by atoms with Crippen molar-refractivity contribution in [3.8, 4) is 0 Å². The van der Waals surface area contributed by atoms with Gasteiger partial charge in [-0.3, -0.25) is 24.2 Å². The monoisotopic (exact) mass is 527 g/mol. The van der Waals surface area contributed by atoms with Crippen LogP contribution in [-0.4, -0.2) is 68.2 Å². The van der Waals surface area contributed by atoms with Crippen LogP contribution in [0.1, 0.15) is 43.7 Å². The average Bonchev–Trinajstić information content (AvgIpc) is 3.55. The van der Waals surface area contributed by atoms with Gasteiger partial charge in [-0.2, -0.15) is 0 Å². The fraction of sp³-hybridized carbons (Fsp3) is 0.348. The van der Waals surface area contributed by atoms with Gasteiger partial charge in [0.2, 0.25) is 11.8 Å². The number of thiazole rings is 1. The van der Waals surface area contributed by atoms with E-state index in [-0.39, 0.29) is 36.7 Å². The van der Waals surface area contributed by atoms with Gasteiger partial charge in [-0.05, 0) is 31.2 Å². The molecule has 4 rings (SSSR count). The summed E-state index contributed by atoms with van der Waals surface area (Å²) < 4.78 is 0. The summed E-state index contributed by atoms with van der Waals surface area (Å²) in [5, 5.41) is 9.84. The van der Waals surface area contributed by atoms with E-state index in [1.54, 1.807) is 12.3 Å². The lowest BCUT2D eigenvalue weighted by Gasteiger charge is -2.38. The van der Waals surface area contributed by atoms with Crippen molar-refractivity contribution in [1.82, 2.24) is 30.5 Å². The molecule has 0 bridgehead atoms. The zero-order chi connectivity index (χ0) is 25.7. The van der Waals surface area contributed by atoms with Crippen LogP contribution in [0.3, 0.4) is 0 Å². The summed E-state index contributed by atoms with van der Waals surface area (Å²) >= 11 is 2.79.